The maximum Gasteiger partial charge on any atom is 0.150 e. The van der Waals surface area contributed by atoms with Crippen molar-refractivity contribution in [3.05, 3.63) is 34.4 Å². The molecule has 0 aliphatic carbocycles. The first-order valence-corrected chi connectivity index (χ1v) is 6.91. The Kier molecular flexibility index (Phi) is 4.18. The molecule has 0 aromatic heterocycles. The molecule has 1 fully saturated rings. The normalized spacial score (nSPS) is 20.9. The third kappa shape index (κ3) is 2.81. The molecule has 1 atom stereocenters. The van der Waals surface area contributed by atoms with Crippen LogP contribution in [0.4, 0.5) is 0 Å². The number of nitrogens with zero attached hydrogens (tertiary/aromatic N) is 1. The predicted octanol–water partition coefficient (Wildman–Crippen LogP) is 3.49. The van der Waals surface area contributed by atoms with E-state index in [1.165, 1.54) is 36.9 Å². The molecule has 18 heavy (non-hydrogen) atoms. The van der Waals surface area contributed by atoms with Gasteiger partial charge in [-0.25, -0.2) is 0 Å². The first kappa shape index (κ1) is 13.3. The predicted molar refractivity (Wildman–Crippen MR) is 75.0 cm³/mol. The minimum Gasteiger partial charge on any atom is -0.298 e. The van der Waals surface area contributed by atoms with E-state index >= 15 is 0 Å². The van der Waals surface area contributed by atoms with Gasteiger partial charge in [-0.05, 0) is 57.4 Å². The van der Waals surface area contributed by atoms with Crippen LogP contribution in [0.5, 0.6) is 0 Å². The van der Waals surface area contributed by atoms with Gasteiger partial charge in [0.1, 0.15) is 6.29 Å². The van der Waals surface area contributed by atoms with Crippen LogP contribution in [-0.2, 0) is 6.54 Å². The highest BCUT2D eigenvalue weighted by molar-refractivity contribution is 5.78. The van der Waals surface area contributed by atoms with Gasteiger partial charge in [0.15, 0.2) is 0 Å². The van der Waals surface area contributed by atoms with E-state index in [4.69, 9.17) is 0 Å². The fourth-order valence-electron chi connectivity index (χ4n) is 2.86. The lowest BCUT2D eigenvalue weighted by atomic mass is 9.97. The highest BCUT2D eigenvalue weighted by Gasteiger charge is 2.19. The van der Waals surface area contributed by atoms with Crippen molar-refractivity contribution < 1.29 is 4.79 Å². The lowest BCUT2D eigenvalue weighted by molar-refractivity contribution is 0.112. The first-order chi connectivity index (χ1) is 8.61. The number of aldehydes is 1. The zero-order valence-corrected chi connectivity index (χ0v) is 11.7. The average Bonchev–Trinajstić information content (AvgIpc) is 2.36. The zero-order valence-electron chi connectivity index (χ0n) is 11.7. The van der Waals surface area contributed by atoms with Crippen molar-refractivity contribution in [3.8, 4) is 0 Å². The quantitative estimate of drug-likeness (QED) is 0.760. The van der Waals surface area contributed by atoms with Crippen molar-refractivity contribution in [2.45, 2.75) is 52.6 Å². The highest BCUT2D eigenvalue weighted by Crippen LogP contribution is 2.22. The van der Waals surface area contributed by atoms with Gasteiger partial charge >= 0.3 is 0 Å². The fraction of sp³-hybridized carbons (Fsp3) is 0.562. The Morgan fingerprint density at radius 1 is 1.33 bits per heavy atom. The summed E-state index contributed by atoms with van der Waals surface area (Å²) < 4.78 is 0. The fourth-order valence-corrected chi connectivity index (χ4v) is 2.86. The topological polar surface area (TPSA) is 20.3 Å². The third-order valence-electron chi connectivity index (χ3n) is 4.14. The zero-order chi connectivity index (χ0) is 13.1. The van der Waals surface area contributed by atoms with Gasteiger partial charge < -0.3 is 0 Å². The number of hydrogen-bond acceptors (Lipinski definition) is 2. The van der Waals surface area contributed by atoms with Crippen LogP contribution in [-0.4, -0.2) is 23.8 Å². The molecule has 1 saturated heterocycles. The Labute approximate surface area is 110 Å². The Morgan fingerprint density at radius 2 is 2.11 bits per heavy atom. The van der Waals surface area contributed by atoms with E-state index in [9.17, 15) is 4.79 Å². The minimum atomic E-state index is 0.665. The number of benzene rings is 1. The molecule has 0 spiro atoms. The lowest BCUT2D eigenvalue weighted by Crippen LogP contribution is -2.37. The van der Waals surface area contributed by atoms with Crippen LogP contribution >= 0.6 is 0 Å². The van der Waals surface area contributed by atoms with Crippen molar-refractivity contribution in [3.63, 3.8) is 0 Å². The standard InChI is InChI=1S/C16H23NO/c1-12-8-15(14(3)16(9-12)11-18)10-17-7-5-4-6-13(17)2/h8-9,11,13H,4-7,10H2,1-3H3. The number of carbonyl (C=O) groups is 1. The summed E-state index contributed by atoms with van der Waals surface area (Å²) >= 11 is 0. The third-order valence-corrected chi connectivity index (χ3v) is 4.14. The molecule has 0 N–H and O–H groups in total. The van der Waals surface area contributed by atoms with Crippen molar-refractivity contribution in [2.75, 3.05) is 6.54 Å². The van der Waals surface area contributed by atoms with E-state index in [1.54, 1.807) is 0 Å². The Morgan fingerprint density at radius 3 is 2.78 bits per heavy atom. The van der Waals surface area contributed by atoms with Crippen molar-refractivity contribution in [2.24, 2.45) is 0 Å². The van der Waals surface area contributed by atoms with E-state index in [-0.39, 0.29) is 0 Å². The molecule has 0 amide bonds. The average molecular weight is 245 g/mol. The number of piperidine rings is 1. The van der Waals surface area contributed by atoms with Crippen molar-refractivity contribution >= 4 is 6.29 Å². The number of likely N-dealkylation sites (tertiary alicyclic amines) is 1. The Balaban J connectivity index is 2.22. The molecule has 2 rings (SSSR count). The maximum atomic E-state index is 11.1. The molecule has 1 heterocycles. The Hall–Kier alpha value is -1.15. The van der Waals surface area contributed by atoms with Crippen LogP contribution in [0, 0.1) is 13.8 Å². The second kappa shape index (κ2) is 5.66. The molecule has 98 valence electrons. The van der Waals surface area contributed by atoms with Gasteiger partial charge in [-0.15, -0.1) is 0 Å². The van der Waals surface area contributed by atoms with E-state index in [1.807, 2.05) is 6.07 Å². The molecule has 2 nitrogen and oxygen atoms in total. The summed E-state index contributed by atoms with van der Waals surface area (Å²) in [5, 5.41) is 0. The monoisotopic (exact) mass is 245 g/mol. The molecular weight excluding hydrogens is 222 g/mol. The highest BCUT2D eigenvalue weighted by atomic mass is 16.1. The molecule has 0 bridgehead atoms. The molecule has 0 radical (unpaired) electrons. The summed E-state index contributed by atoms with van der Waals surface area (Å²) in [7, 11) is 0. The number of aryl methyl sites for hydroxylation is 1. The van der Waals surface area contributed by atoms with Crippen molar-refractivity contribution in [1.29, 1.82) is 0 Å². The molecule has 1 aromatic carbocycles. The van der Waals surface area contributed by atoms with E-state index in [0.717, 1.165) is 24.0 Å². The van der Waals surface area contributed by atoms with E-state index < -0.39 is 0 Å². The van der Waals surface area contributed by atoms with E-state index in [2.05, 4.69) is 31.7 Å². The summed E-state index contributed by atoms with van der Waals surface area (Å²) in [6.07, 6.45) is 4.93. The maximum absolute atomic E-state index is 11.1. The van der Waals surface area contributed by atoms with Crippen molar-refractivity contribution in [1.82, 2.24) is 4.90 Å². The van der Waals surface area contributed by atoms with Crippen LogP contribution in [0.3, 0.4) is 0 Å². The lowest BCUT2D eigenvalue weighted by Gasteiger charge is -2.33. The molecule has 2 heteroatoms. The Bertz CT molecular complexity index is 439. The smallest absolute Gasteiger partial charge is 0.150 e. The SMILES string of the molecule is Cc1cc(C=O)c(C)c(CN2CCCCC2C)c1. The summed E-state index contributed by atoms with van der Waals surface area (Å²) in [5.41, 5.74) is 4.48. The largest absolute Gasteiger partial charge is 0.298 e. The summed E-state index contributed by atoms with van der Waals surface area (Å²) in [4.78, 5) is 13.6. The van der Waals surface area contributed by atoms with Gasteiger partial charge in [-0.1, -0.05) is 18.1 Å². The van der Waals surface area contributed by atoms with Crippen LogP contribution in [0.1, 0.15) is 53.2 Å². The van der Waals surface area contributed by atoms with Crippen LogP contribution in [0.15, 0.2) is 12.1 Å². The van der Waals surface area contributed by atoms with Crippen LogP contribution in [0.25, 0.3) is 0 Å². The summed E-state index contributed by atoms with van der Waals surface area (Å²) in [6.45, 7) is 8.61. The summed E-state index contributed by atoms with van der Waals surface area (Å²) in [6, 6.07) is 4.87. The van der Waals surface area contributed by atoms with Crippen LogP contribution in [0.2, 0.25) is 0 Å². The molecular formula is C16H23NO. The molecule has 1 aliphatic rings. The minimum absolute atomic E-state index is 0.665. The van der Waals surface area contributed by atoms with Gasteiger partial charge in [-0.2, -0.15) is 0 Å². The molecule has 0 saturated carbocycles. The van der Waals surface area contributed by atoms with Gasteiger partial charge in [0.2, 0.25) is 0 Å². The number of carbonyl (C=O) groups excluding carboxylic acids is 1. The summed E-state index contributed by atoms with van der Waals surface area (Å²) in [5.74, 6) is 0. The first-order valence-electron chi connectivity index (χ1n) is 6.91. The van der Waals surface area contributed by atoms with Gasteiger partial charge in [0, 0.05) is 18.2 Å². The number of hydrogen-bond donors (Lipinski definition) is 0. The second-order valence-electron chi connectivity index (χ2n) is 5.57. The molecule has 1 unspecified atom stereocenters. The van der Waals surface area contributed by atoms with Gasteiger partial charge in [0.25, 0.3) is 0 Å². The second-order valence-corrected chi connectivity index (χ2v) is 5.57. The molecule has 1 aromatic rings. The van der Waals surface area contributed by atoms with Gasteiger partial charge in [-0.3, -0.25) is 9.69 Å². The van der Waals surface area contributed by atoms with E-state index in [0.29, 0.717) is 6.04 Å². The van der Waals surface area contributed by atoms with Crippen LogP contribution < -0.4 is 0 Å². The number of rotatable bonds is 3. The molecule has 1 aliphatic heterocycles. The van der Waals surface area contributed by atoms with Gasteiger partial charge in [0.05, 0.1) is 0 Å².